The normalized spacial score (nSPS) is 11.7. The third kappa shape index (κ3) is 4.35. The first kappa shape index (κ1) is 19.9. The number of amides is 3. The number of urea groups is 1. The van der Waals surface area contributed by atoms with Crippen LogP contribution in [0.3, 0.4) is 0 Å². The topological polar surface area (TPSA) is 88.9 Å². The number of nitrogens with zero attached hydrogens (tertiary/aromatic N) is 3. The third-order valence-corrected chi connectivity index (χ3v) is 5.60. The number of nitrogens with one attached hydrogen (secondary N) is 2. The lowest BCUT2D eigenvalue weighted by molar-refractivity contribution is -0.119. The lowest BCUT2D eigenvalue weighted by Crippen LogP contribution is -2.39. The number of hydrogen-bond donors (Lipinski definition) is 2. The van der Waals surface area contributed by atoms with E-state index >= 15 is 0 Å². The molecule has 7 nitrogen and oxygen atoms in total. The van der Waals surface area contributed by atoms with Crippen LogP contribution in [-0.4, -0.2) is 33.8 Å². The summed E-state index contributed by atoms with van der Waals surface area (Å²) in [4.78, 5) is 24.3. The predicted octanol–water partition coefficient (Wildman–Crippen LogP) is 3.42. The van der Waals surface area contributed by atoms with Crippen LogP contribution < -0.4 is 10.6 Å². The summed E-state index contributed by atoms with van der Waals surface area (Å²) >= 11 is 7.47. The van der Waals surface area contributed by atoms with Gasteiger partial charge in [-0.25, -0.2) is 4.79 Å². The van der Waals surface area contributed by atoms with Crippen LogP contribution in [0, 0.1) is 0 Å². The van der Waals surface area contributed by atoms with E-state index in [1.807, 2.05) is 48.5 Å². The van der Waals surface area contributed by atoms with Gasteiger partial charge in [-0.05, 0) is 17.7 Å². The summed E-state index contributed by atoms with van der Waals surface area (Å²) in [6.45, 7) is 0. The largest absolute Gasteiger partial charge is 0.341 e. The standard InChI is InChI=1S/C19H18ClN5O2S/c1-21-18(27)22-17(26)15(12-8-4-3-5-9-12)28-19-24-23-16(25(19)2)13-10-6-7-11-14(13)20/h3-11,15H,1-2H3,(H2,21,22,26,27)/t15-/m1/s1. The molecule has 1 atom stereocenters. The smallest absolute Gasteiger partial charge is 0.321 e. The molecule has 0 unspecified atom stereocenters. The lowest BCUT2D eigenvalue weighted by atomic mass is 10.1. The molecule has 3 rings (SSSR count). The second-order valence-corrected chi connectivity index (χ2v) is 7.30. The second kappa shape index (κ2) is 8.90. The van der Waals surface area contributed by atoms with Crippen LogP contribution in [0.4, 0.5) is 4.79 Å². The van der Waals surface area contributed by atoms with Gasteiger partial charge in [0, 0.05) is 19.7 Å². The third-order valence-electron chi connectivity index (χ3n) is 3.98. The fourth-order valence-electron chi connectivity index (χ4n) is 2.54. The van der Waals surface area contributed by atoms with Gasteiger partial charge in [-0.1, -0.05) is 65.8 Å². The summed E-state index contributed by atoms with van der Waals surface area (Å²) < 4.78 is 1.77. The zero-order valence-corrected chi connectivity index (χ0v) is 16.8. The zero-order valence-electron chi connectivity index (χ0n) is 15.2. The predicted molar refractivity (Wildman–Crippen MR) is 109 cm³/mol. The number of aromatic nitrogens is 3. The minimum absolute atomic E-state index is 0.446. The summed E-state index contributed by atoms with van der Waals surface area (Å²) in [6, 6.07) is 16.0. The van der Waals surface area contributed by atoms with E-state index in [9.17, 15) is 9.59 Å². The number of carbonyl (C=O) groups excluding carboxylic acids is 2. The molecule has 3 amide bonds. The maximum atomic E-state index is 12.7. The zero-order chi connectivity index (χ0) is 20.1. The Kier molecular flexibility index (Phi) is 6.33. The molecule has 144 valence electrons. The average molecular weight is 416 g/mol. The van der Waals surface area contributed by atoms with E-state index in [4.69, 9.17) is 11.6 Å². The molecular formula is C19H18ClN5O2S. The summed E-state index contributed by atoms with van der Waals surface area (Å²) in [5.41, 5.74) is 1.49. The molecule has 9 heteroatoms. The Balaban J connectivity index is 1.92. The molecule has 0 aliphatic heterocycles. The molecule has 28 heavy (non-hydrogen) atoms. The molecule has 0 saturated heterocycles. The number of imide groups is 1. The Hall–Kier alpha value is -2.84. The van der Waals surface area contributed by atoms with Crippen molar-refractivity contribution in [3.63, 3.8) is 0 Å². The minimum atomic E-state index is -0.680. The first-order chi connectivity index (χ1) is 13.5. The van der Waals surface area contributed by atoms with Crippen molar-refractivity contribution < 1.29 is 9.59 Å². The Morgan fingerprint density at radius 3 is 2.43 bits per heavy atom. The van der Waals surface area contributed by atoms with E-state index in [0.717, 1.165) is 11.1 Å². The van der Waals surface area contributed by atoms with Crippen LogP contribution >= 0.6 is 23.4 Å². The van der Waals surface area contributed by atoms with Gasteiger partial charge >= 0.3 is 6.03 Å². The Morgan fingerprint density at radius 1 is 1.07 bits per heavy atom. The Morgan fingerprint density at radius 2 is 1.75 bits per heavy atom. The maximum Gasteiger partial charge on any atom is 0.321 e. The Bertz CT molecular complexity index is 993. The van der Waals surface area contributed by atoms with E-state index < -0.39 is 17.2 Å². The lowest BCUT2D eigenvalue weighted by Gasteiger charge is -2.16. The molecule has 0 bridgehead atoms. The number of halogens is 1. The van der Waals surface area contributed by atoms with Crippen LogP contribution in [0.5, 0.6) is 0 Å². The van der Waals surface area contributed by atoms with Crippen molar-refractivity contribution in [2.45, 2.75) is 10.4 Å². The summed E-state index contributed by atoms with van der Waals surface area (Å²) in [7, 11) is 3.26. The molecular weight excluding hydrogens is 398 g/mol. The van der Waals surface area contributed by atoms with Gasteiger partial charge in [-0.2, -0.15) is 0 Å². The average Bonchev–Trinajstić information content (AvgIpc) is 3.07. The summed E-state index contributed by atoms with van der Waals surface area (Å²) in [6.07, 6.45) is 0. The monoisotopic (exact) mass is 415 g/mol. The van der Waals surface area contributed by atoms with Gasteiger partial charge in [-0.15, -0.1) is 10.2 Å². The molecule has 0 spiro atoms. The van der Waals surface area contributed by atoms with Gasteiger partial charge in [0.25, 0.3) is 0 Å². The molecule has 0 aliphatic rings. The van der Waals surface area contributed by atoms with Crippen LogP contribution in [0.1, 0.15) is 10.8 Å². The van der Waals surface area contributed by atoms with E-state index in [0.29, 0.717) is 16.0 Å². The molecule has 1 heterocycles. The molecule has 0 fully saturated rings. The van der Waals surface area contributed by atoms with Gasteiger partial charge in [0.2, 0.25) is 5.91 Å². The summed E-state index contributed by atoms with van der Waals surface area (Å²) in [5.74, 6) is 0.143. The van der Waals surface area contributed by atoms with Crippen LogP contribution in [0.25, 0.3) is 11.4 Å². The second-order valence-electron chi connectivity index (χ2n) is 5.82. The first-order valence-corrected chi connectivity index (χ1v) is 9.65. The first-order valence-electron chi connectivity index (χ1n) is 8.39. The van der Waals surface area contributed by atoms with Crippen molar-refractivity contribution in [2.75, 3.05) is 7.05 Å². The van der Waals surface area contributed by atoms with E-state index in [1.54, 1.807) is 17.7 Å². The van der Waals surface area contributed by atoms with Crippen molar-refractivity contribution >= 4 is 35.3 Å². The molecule has 0 saturated carbocycles. The van der Waals surface area contributed by atoms with Gasteiger partial charge < -0.3 is 9.88 Å². The quantitative estimate of drug-likeness (QED) is 0.623. The van der Waals surface area contributed by atoms with E-state index in [-0.39, 0.29) is 0 Å². The van der Waals surface area contributed by atoms with E-state index in [1.165, 1.54) is 18.8 Å². The Labute approximate surface area is 171 Å². The fourth-order valence-corrected chi connectivity index (χ4v) is 3.76. The van der Waals surface area contributed by atoms with Gasteiger partial charge in [0.05, 0.1) is 5.02 Å². The molecule has 0 radical (unpaired) electrons. The van der Waals surface area contributed by atoms with Crippen molar-refractivity contribution in [1.82, 2.24) is 25.4 Å². The molecule has 1 aromatic heterocycles. The van der Waals surface area contributed by atoms with Crippen molar-refractivity contribution in [1.29, 1.82) is 0 Å². The number of rotatable bonds is 5. The SMILES string of the molecule is CNC(=O)NC(=O)[C@H](Sc1nnc(-c2ccccc2Cl)n1C)c1ccccc1. The van der Waals surface area contributed by atoms with Crippen LogP contribution in [-0.2, 0) is 11.8 Å². The summed E-state index contributed by atoms with van der Waals surface area (Å²) in [5, 5.41) is 13.6. The van der Waals surface area contributed by atoms with Crippen LogP contribution in [0.2, 0.25) is 5.02 Å². The van der Waals surface area contributed by atoms with Gasteiger partial charge in [-0.3, -0.25) is 10.1 Å². The highest BCUT2D eigenvalue weighted by molar-refractivity contribution is 8.00. The minimum Gasteiger partial charge on any atom is -0.341 e. The highest BCUT2D eigenvalue weighted by Gasteiger charge is 2.26. The maximum absolute atomic E-state index is 12.7. The van der Waals surface area contributed by atoms with Crippen LogP contribution in [0.15, 0.2) is 59.8 Å². The van der Waals surface area contributed by atoms with Crippen molar-refractivity contribution in [3.8, 4) is 11.4 Å². The molecule has 2 N–H and O–H groups in total. The number of benzene rings is 2. The van der Waals surface area contributed by atoms with Gasteiger partial charge in [0.15, 0.2) is 11.0 Å². The van der Waals surface area contributed by atoms with Gasteiger partial charge in [0.1, 0.15) is 5.25 Å². The number of carbonyl (C=O) groups is 2. The van der Waals surface area contributed by atoms with Crippen molar-refractivity contribution in [3.05, 3.63) is 65.2 Å². The van der Waals surface area contributed by atoms with Crippen molar-refractivity contribution in [2.24, 2.45) is 7.05 Å². The molecule has 3 aromatic rings. The number of thioether (sulfide) groups is 1. The number of hydrogen-bond acceptors (Lipinski definition) is 5. The highest BCUT2D eigenvalue weighted by atomic mass is 35.5. The highest BCUT2D eigenvalue weighted by Crippen LogP contribution is 2.36. The van der Waals surface area contributed by atoms with E-state index in [2.05, 4.69) is 20.8 Å². The molecule has 0 aliphatic carbocycles. The fraction of sp³-hybridized carbons (Fsp3) is 0.158. The molecule has 2 aromatic carbocycles.